The van der Waals surface area contributed by atoms with Gasteiger partial charge in [-0.1, -0.05) is 12.1 Å². The summed E-state index contributed by atoms with van der Waals surface area (Å²) >= 11 is 0. The fourth-order valence-corrected chi connectivity index (χ4v) is 3.15. The Morgan fingerprint density at radius 1 is 1.19 bits per heavy atom. The van der Waals surface area contributed by atoms with Gasteiger partial charge in [0.25, 0.3) is 5.91 Å². The third-order valence-electron chi connectivity index (χ3n) is 4.86. The highest BCUT2D eigenvalue weighted by molar-refractivity contribution is 5.99. The van der Waals surface area contributed by atoms with Crippen molar-refractivity contribution in [1.29, 1.82) is 5.41 Å². The zero-order chi connectivity index (χ0) is 22.1. The Labute approximate surface area is 187 Å². The van der Waals surface area contributed by atoms with E-state index in [0.29, 0.717) is 37.1 Å². The van der Waals surface area contributed by atoms with Crippen molar-refractivity contribution in [3.05, 3.63) is 35.4 Å². The molecular weight excluding hydrogens is 428 g/mol. The molecule has 1 aromatic carbocycles. The van der Waals surface area contributed by atoms with Crippen molar-refractivity contribution >= 4 is 36.0 Å². The molecule has 0 radical (unpaired) electrons. The molecule has 0 atom stereocenters. The Morgan fingerprint density at radius 3 is 2.29 bits per heavy atom. The van der Waals surface area contributed by atoms with Crippen molar-refractivity contribution in [3.63, 3.8) is 0 Å². The second kappa shape index (κ2) is 12.9. The average Bonchev–Trinajstić information content (AvgIpc) is 2.74. The number of carboxylic acid groups (broad SMARTS) is 1. The number of carbonyl (C=O) groups is 3. The fraction of sp³-hybridized carbons (Fsp3) is 0.500. The first-order chi connectivity index (χ1) is 14.3. The van der Waals surface area contributed by atoms with Crippen LogP contribution in [-0.4, -0.2) is 91.1 Å². The van der Waals surface area contributed by atoms with Gasteiger partial charge in [-0.05, 0) is 25.0 Å². The summed E-state index contributed by atoms with van der Waals surface area (Å²) in [6.45, 7) is 1.01. The number of likely N-dealkylation sites (tertiary alicyclic amines) is 1. The molecule has 1 aliphatic rings. The Morgan fingerprint density at radius 2 is 1.77 bits per heavy atom. The van der Waals surface area contributed by atoms with Crippen LogP contribution in [0.1, 0.15) is 28.8 Å². The van der Waals surface area contributed by atoms with E-state index < -0.39 is 5.97 Å². The smallest absolute Gasteiger partial charge is 0.329 e. The number of nitrogens with one attached hydrogen (secondary N) is 1. The highest BCUT2D eigenvalue weighted by Gasteiger charge is 2.26. The van der Waals surface area contributed by atoms with Crippen molar-refractivity contribution in [2.45, 2.75) is 18.9 Å². The van der Waals surface area contributed by atoms with Crippen LogP contribution in [0, 0.1) is 5.41 Å². The summed E-state index contributed by atoms with van der Waals surface area (Å²) < 4.78 is 10.4. The Bertz CT molecular complexity index is 765. The van der Waals surface area contributed by atoms with E-state index in [0.717, 1.165) is 0 Å². The maximum Gasteiger partial charge on any atom is 0.329 e. The fourth-order valence-electron chi connectivity index (χ4n) is 3.15. The van der Waals surface area contributed by atoms with Gasteiger partial charge in [-0.2, -0.15) is 0 Å². The van der Waals surface area contributed by atoms with Crippen molar-refractivity contribution in [2.24, 2.45) is 5.73 Å². The third-order valence-corrected chi connectivity index (χ3v) is 4.86. The number of amides is 2. The summed E-state index contributed by atoms with van der Waals surface area (Å²) in [7, 11) is 1.52. The highest BCUT2D eigenvalue weighted by atomic mass is 35.5. The molecule has 1 aromatic rings. The van der Waals surface area contributed by atoms with Crippen molar-refractivity contribution < 1.29 is 29.0 Å². The summed E-state index contributed by atoms with van der Waals surface area (Å²) in [4.78, 5) is 39.3. The van der Waals surface area contributed by atoms with E-state index >= 15 is 0 Å². The second-order valence-electron chi connectivity index (χ2n) is 7.00. The predicted molar refractivity (Wildman–Crippen MR) is 116 cm³/mol. The minimum Gasteiger partial charge on any atom is -0.480 e. The molecule has 0 bridgehead atoms. The molecule has 172 valence electrons. The third kappa shape index (κ3) is 8.16. The van der Waals surface area contributed by atoms with Gasteiger partial charge in [0.15, 0.2) is 0 Å². The maximum atomic E-state index is 12.9. The average molecular weight is 457 g/mol. The first kappa shape index (κ1) is 26.3. The van der Waals surface area contributed by atoms with E-state index in [1.165, 1.54) is 12.0 Å². The van der Waals surface area contributed by atoms with Gasteiger partial charge >= 0.3 is 5.97 Å². The van der Waals surface area contributed by atoms with Gasteiger partial charge in [-0.25, -0.2) is 4.79 Å². The van der Waals surface area contributed by atoms with E-state index in [2.05, 4.69) is 0 Å². The van der Waals surface area contributed by atoms with Gasteiger partial charge in [-0.15, -0.1) is 12.4 Å². The van der Waals surface area contributed by atoms with Crippen LogP contribution in [0.3, 0.4) is 0 Å². The van der Waals surface area contributed by atoms with Gasteiger partial charge in [0.05, 0.1) is 12.7 Å². The van der Waals surface area contributed by atoms with E-state index in [-0.39, 0.29) is 62.5 Å². The monoisotopic (exact) mass is 456 g/mol. The second-order valence-corrected chi connectivity index (χ2v) is 7.00. The van der Waals surface area contributed by atoms with Gasteiger partial charge < -0.3 is 30.1 Å². The molecule has 4 N–H and O–H groups in total. The van der Waals surface area contributed by atoms with E-state index in [1.54, 1.807) is 29.2 Å². The number of aliphatic carboxylic acids is 1. The number of nitrogens with zero attached hydrogens (tertiary/aromatic N) is 2. The number of piperidine rings is 1. The number of ether oxygens (including phenoxy) is 2. The Balaban J connectivity index is 0.00000480. The molecule has 1 heterocycles. The lowest BCUT2D eigenvalue weighted by Crippen LogP contribution is -2.47. The number of methoxy groups -OCH3 is 1. The first-order valence-electron chi connectivity index (χ1n) is 9.65. The van der Waals surface area contributed by atoms with Gasteiger partial charge in [-0.3, -0.25) is 15.0 Å². The highest BCUT2D eigenvalue weighted by Crippen LogP contribution is 2.15. The molecule has 1 fully saturated rings. The van der Waals surface area contributed by atoms with Crippen LogP contribution >= 0.6 is 12.4 Å². The molecule has 0 spiro atoms. The molecule has 1 saturated heterocycles. The van der Waals surface area contributed by atoms with Crippen LogP contribution in [-0.2, 0) is 19.1 Å². The lowest BCUT2D eigenvalue weighted by Gasteiger charge is -2.33. The number of carboxylic acids is 1. The number of rotatable bonds is 10. The topological polar surface area (TPSA) is 146 Å². The molecule has 0 unspecified atom stereocenters. The lowest BCUT2D eigenvalue weighted by atomic mass is 10.1. The molecular formula is C20H29ClN4O6. The number of hydrogen-bond donors (Lipinski definition) is 3. The van der Waals surface area contributed by atoms with Gasteiger partial charge in [0.1, 0.15) is 19.0 Å². The SMILES string of the molecule is COCCN(CC(=O)N1CCC(OCC(=O)O)CC1)C(=O)c1ccc(C(=N)N)cc1.Cl. The summed E-state index contributed by atoms with van der Waals surface area (Å²) in [5.74, 6) is -1.60. The molecule has 0 saturated carbocycles. The molecule has 1 aliphatic heterocycles. The molecule has 0 aromatic heterocycles. The van der Waals surface area contributed by atoms with Crippen molar-refractivity contribution in [1.82, 2.24) is 9.80 Å². The summed E-state index contributed by atoms with van der Waals surface area (Å²) in [6, 6.07) is 6.34. The van der Waals surface area contributed by atoms with Gasteiger partial charge in [0.2, 0.25) is 5.91 Å². The number of nitrogen functional groups attached to an aromatic ring is 1. The minimum absolute atomic E-state index is 0. The molecule has 0 aliphatic carbocycles. The van der Waals surface area contributed by atoms with Crippen LogP contribution in [0.25, 0.3) is 0 Å². The largest absolute Gasteiger partial charge is 0.480 e. The minimum atomic E-state index is -1.02. The summed E-state index contributed by atoms with van der Waals surface area (Å²) in [5, 5.41) is 16.1. The molecule has 10 nitrogen and oxygen atoms in total. The Hall–Kier alpha value is -2.69. The number of nitrogens with two attached hydrogens (primary N) is 1. The van der Waals surface area contributed by atoms with Crippen molar-refractivity contribution in [3.8, 4) is 0 Å². The zero-order valence-corrected chi connectivity index (χ0v) is 18.2. The standard InChI is InChI=1S/C20H28N4O6.ClH/c1-29-11-10-24(20(28)15-4-2-14(3-5-15)19(21)22)12-17(25)23-8-6-16(7-9-23)30-13-18(26)27;/h2-5,16H,6-13H2,1H3,(H3,21,22)(H,26,27);1H. The number of benzene rings is 1. The van der Waals surface area contributed by atoms with Crippen LogP contribution in [0.2, 0.25) is 0 Å². The van der Waals surface area contributed by atoms with Crippen LogP contribution in [0.5, 0.6) is 0 Å². The number of carbonyl (C=O) groups excluding carboxylic acids is 2. The lowest BCUT2D eigenvalue weighted by molar-refractivity contribution is -0.147. The van der Waals surface area contributed by atoms with Crippen molar-refractivity contribution in [2.75, 3.05) is 46.5 Å². The van der Waals surface area contributed by atoms with Crippen LogP contribution < -0.4 is 5.73 Å². The number of amidine groups is 1. The predicted octanol–water partition coefficient (Wildman–Crippen LogP) is 0.573. The zero-order valence-electron chi connectivity index (χ0n) is 17.4. The summed E-state index contributed by atoms with van der Waals surface area (Å²) in [6.07, 6.45) is 0.922. The maximum absolute atomic E-state index is 12.9. The summed E-state index contributed by atoms with van der Waals surface area (Å²) in [5.41, 5.74) is 6.35. The molecule has 11 heteroatoms. The van der Waals surface area contributed by atoms with Gasteiger partial charge in [0, 0.05) is 37.9 Å². The number of halogens is 1. The van der Waals surface area contributed by atoms with E-state index in [9.17, 15) is 14.4 Å². The van der Waals surface area contributed by atoms with E-state index in [4.69, 9.17) is 25.7 Å². The normalized spacial score (nSPS) is 13.9. The molecule has 2 rings (SSSR count). The van der Waals surface area contributed by atoms with E-state index in [1.807, 2.05) is 0 Å². The Kier molecular flexibility index (Phi) is 10.9. The van der Waals surface area contributed by atoms with Crippen LogP contribution in [0.4, 0.5) is 0 Å². The first-order valence-corrected chi connectivity index (χ1v) is 9.65. The molecule has 2 amide bonds. The molecule has 31 heavy (non-hydrogen) atoms. The van der Waals surface area contributed by atoms with Crippen LogP contribution in [0.15, 0.2) is 24.3 Å². The quantitative estimate of drug-likeness (QED) is 0.344. The number of hydrogen-bond acceptors (Lipinski definition) is 6.